The minimum Gasteiger partial charge on any atom is -0.400 e. The smallest absolute Gasteiger partial charge is 0.101 e. The second-order valence-corrected chi connectivity index (χ2v) is 2.68. The van der Waals surface area contributed by atoms with Crippen molar-refractivity contribution in [1.82, 2.24) is 5.43 Å². The minimum atomic E-state index is -0.378. The summed E-state index contributed by atoms with van der Waals surface area (Å²) in [5.74, 6) is 4.98. The van der Waals surface area contributed by atoms with E-state index in [1.807, 2.05) is 0 Å². The van der Waals surface area contributed by atoms with Gasteiger partial charge in [-0.2, -0.15) is 0 Å². The molecule has 0 aromatic carbocycles. The van der Waals surface area contributed by atoms with Crippen LogP contribution in [-0.2, 0) is 0 Å². The molecule has 58 valence electrons. The number of hydrogen-bond donors (Lipinski definition) is 3. The summed E-state index contributed by atoms with van der Waals surface area (Å²) in [5, 5.41) is 0. The first-order chi connectivity index (χ1) is 4.75. The summed E-state index contributed by atoms with van der Waals surface area (Å²) in [6, 6.07) is 0. The Hall–Kier alpha value is -0.770. The van der Waals surface area contributed by atoms with Crippen LogP contribution in [0.25, 0.3) is 0 Å². The zero-order chi connectivity index (χ0) is 7.61. The summed E-state index contributed by atoms with van der Waals surface area (Å²) in [7, 11) is 0. The van der Waals surface area contributed by atoms with Crippen LogP contribution in [0, 0.1) is 5.41 Å². The van der Waals surface area contributed by atoms with Gasteiger partial charge in [0.2, 0.25) is 0 Å². The molecular formula is C6H12FN3. The van der Waals surface area contributed by atoms with E-state index in [1.165, 1.54) is 6.20 Å². The molecule has 1 aliphatic rings. The van der Waals surface area contributed by atoms with Crippen LogP contribution in [0.1, 0.15) is 12.8 Å². The molecule has 5 N–H and O–H groups in total. The molecule has 0 aromatic heterocycles. The van der Waals surface area contributed by atoms with Crippen LogP contribution in [0.2, 0.25) is 0 Å². The van der Waals surface area contributed by atoms with Crippen LogP contribution in [0.3, 0.4) is 0 Å². The average molecular weight is 145 g/mol. The summed E-state index contributed by atoms with van der Waals surface area (Å²) in [5.41, 5.74) is 7.96. The Morgan fingerprint density at radius 1 is 1.70 bits per heavy atom. The quantitative estimate of drug-likeness (QED) is 0.387. The second-order valence-electron chi connectivity index (χ2n) is 2.68. The lowest BCUT2D eigenvalue weighted by Gasteiger charge is -2.09. The van der Waals surface area contributed by atoms with Gasteiger partial charge < -0.3 is 11.2 Å². The maximum Gasteiger partial charge on any atom is 0.101 e. The molecule has 10 heavy (non-hydrogen) atoms. The number of hydrazine groups is 1. The molecule has 1 aliphatic carbocycles. The van der Waals surface area contributed by atoms with Crippen molar-refractivity contribution in [3.63, 3.8) is 0 Å². The molecule has 0 atom stereocenters. The van der Waals surface area contributed by atoms with Crippen LogP contribution in [0.4, 0.5) is 4.39 Å². The lowest BCUT2D eigenvalue weighted by molar-refractivity contribution is 0.379. The van der Waals surface area contributed by atoms with E-state index in [4.69, 9.17) is 11.6 Å². The Balaban J connectivity index is 2.55. The van der Waals surface area contributed by atoms with Gasteiger partial charge in [-0.15, -0.1) is 0 Å². The molecule has 0 bridgehead atoms. The van der Waals surface area contributed by atoms with Gasteiger partial charge in [-0.25, -0.2) is 0 Å². The highest BCUT2D eigenvalue weighted by Crippen LogP contribution is 2.49. The number of nitrogens with two attached hydrogens (primary N) is 2. The molecule has 0 radical (unpaired) electrons. The topological polar surface area (TPSA) is 64.1 Å². The van der Waals surface area contributed by atoms with Gasteiger partial charge in [-0.05, 0) is 12.8 Å². The highest BCUT2D eigenvalue weighted by atomic mass is 19.1. The van der Waals surface area contributed by atoms with E-state index < -0.39 is 0 Å². The number of alkyl halides is 1. The Morgan fingerprint density at radius 3 is 2.60 bits per heavy atom. The second kappa shape index (κ2) is 2.46. The first-order valence-corrected chi connectivity index (χ1v) is 3.23. The van der Waals surface area contributed by atoms with Crippen LogP contribution >= 0.6 is 0 Å². The molecule has 4 heteroatoms. The predicted octanol–water partition coefficient (Wildman–Crippen LogP) is -0.000500. The molecule has 0 heterocycles. The Bertz CT molecular complexity index is 151. The molecule has 0 aromatic rings. The molecule has 0 aliphatic heterocycles. The number of allylic oxidation sites excluding steroid dienone is 1. The summed E-state index contributed by atoms with van der Waals surface area (Å²) < 4.78 is 12.2. The highest BCUT2D eigenvalue weighted by molar-refractivity contribution is 5.18. The van der Waals surface area contributed by atoms with E-state index in [2.05, 4.69) is 5.43 Å². The third-order valence-corrected chi connectivity index (χ3v) is 1.96. The van der Waals surface area contributed by atoms with E-state index in [0.29, 0.717) is 5.70 Å². The van der Waals surface area contributed by atoms with Crippen molar-refractivity contribution >= 4 is 0 Å². The van der Waals surface area contributed by atoms with Crippen molar-refractivity contribution in [2.45, 2.75) is 12.8 Å². The van der Waals surface area contributed by atoms with E-state index in [-0.39, 0.29) is 12.1 Å². The molecule has 0 spiro atoms. The summed E-state index contributed by atoms with van der Waals surface area (Å²) >= 11 is 0. The van der Waals surface area contributed by atoms with Gasteiger partial charge in [-0.3, -0.25) is 10.2 Å². The SMILES string of the molecule is NN/C=C(\N)C1(CF)CC1. The Kier molecular flexibility index (Phi) is 1.80. The predicted molar refractivity (Wildman–Crippen MR) is 37.2 cm³/mol. The lowest BCUT2D eigenvalue weighted by Crippen LogP contribution is -2.22. The summed E-state index contributed by atoms with van der Waals surface area (Å²) in [4.78, 5) is 0. The van der Waals surface area contributed by atoms with Crippen molar-refractivity contribution in [2.24, 2.45) is 17.0 Å². The Labute approximate surface area is 59.2 Å². The van der Waals surface area contributed by atoms with Gasteiger partial charge in [0.1, 0.15) is 6.67 Å². The van der Waals surface area contributed by atoms with Crippen LogP contribution in [0.5, 0.6) is 0 Å². The minimum absolute atomic E-state index is 0.369. The fraction of sp³-hybridized carbons (Fsp3) is 0.667. The largest absolute Gasteiger partial charge is 0.400 e. The van der Waals surface area contributed by atoms with Crippen LogP contribution < -0.4 is 17.0 Å². The van der Waals surface area contributed by atoms with E-state index in [1.54, 1.807) is 0 Å². The van der Waals surface area contributed by atoms with Crippen molar-refractivity contribution in [1.29, 1.82) is 0 Å². The molecule has 3 nitrogen and oxygen atoms in total. The van der Waals surface area contributed by atoms with Crippen molar-refractivity contribution < 1.29 is 4.39 Å². The van der Waals surface area contributed by atoms with Crippen molar-refractivity contribution in [3.8, 4) is 0 Å². The number of halogens is 1. The van der Waals surface area contributed by atoms with Gasteiger partial charge in [0.15, 0.2) is 0 Å². The van der Waals surface area contributed by atoms with E-state index in [0.717, 1.165) is 12.8 Å². The summed E-state index contributed by atoms with van der Waals surface area (Å²) in [6.07, 6.45) is 3.13. The van der Waals surface area contributed by atoms with Crippen LogP contribution in [0.15, 0.2) is 11.9 Å². The van der Waals surface area contributed by atoms with E-state index in [9.17, 15) is 4.39 Å². The average Bonchev–Trinajstić information content (AvgIpc) is 2.68. The van der Waals surface area contributed by atoms with Gasteiger partial charge in [-0.1, -0.05) is 0 Å². The lowest BCUT2D eigenvalue weighted by atomic mass is 10.1. The fourth-order valence-electron chi connectivity index (χ4n) is 0.893. The zero-order valence-corrected chi connectivity index (χ0v) is 5.73. The summed E-state index contributed by atoms with van der Waals surface area (Å²) in [6.45, 7) is -0.378. The van der Waals surface area contributed by atoms with Crippen LogP contribution in [-0.4, -0.2) is 6.67 Å². The Morgan fingerprint density at radius 2 is 2.30 bits per heavy atom. The molecule has 1 rings (SSSR count). The number of rotatable bonds is 3. The third-order valence-electron chi connectivity index (χ3n) is 1.96. The van der Waals surface area contributed by atoms with Gasteiger partial charge in [0.25, 0.3) is 0 Å². The molecule has 1 fully saturated rings. The van der Waals surface area contributed by atoms with Gasteiger partial charge in [0, 0.05) is 17.3 Å². The molecule has 0 saturated heterocycles. The van der Waals surface area contributed by atoms with Gasteiger partial charge in [0.05, 0.1) is 0 Å². The standard InChI is InChI=1S/C6H12FN3/c7-4-6(1-2-6)5(8)3-10-9/h3,10H,1-2,4,8-9H2/b5-3-. The number of hydrogen-bond acceptors (Lipinski definition) is 3. The third kappa shape index (κ3) is 1.07. The first-order valence-electron chi connectivity index (χ1n) is 3.23. The van der Waals surface area contributed by atoms with E-state index >= 15 is 0 Å². The maximum absolute atomic E-state index is 12.2. The number of nitrogens with one attached hydrogen (secondary N) is 1. The molecule has 0 amide bonds. The monoisotopic (exact) mass is 145 g/mol. The van der Waals surface area contributed by atoms with Gasteiger partial charge >= 0.3 is 0 Å². The zero-order valence-electron chi connectivity index (χ0n) is 5.73. The normalized spacial score (nSPS) is 22.4. The molecule has 1 saturated carbocycles. The van der Waals surface area contributed by atoms with Crippen molar-refractivity contribution in [2.75, 3.05) is 6.67 Å². The first kappa shape index (κ1) is 7.34. The molecular weight excluding hydrogens is 133 g/mol. The fourth-order valence-corrected chi connectivity index (χ4v) is 0.893. The van der Waals surface area contributed by atoms with Crippen molar-refractivity contribution in [3.05, 3.63) is 11.9 Å². The molecule has 0 unspecified atom stereocenters. The maximum atomic E-state index is 12.2. The highest BCUT2D eigenvalue weighted by Gasteiger charge is 2.45.